The van der Waals surface area contributed by atoms with Crippen LogP contribution in [0, 0.1) is 16.2 Å². The van der Waals surface area contributed by atoms with Gasteiger partial charge in [0.1, 0.15) is 0 Å². The van der Waals surface area contributed by atoms with Crippen LogP contribution in [0.4, 0.5) is 0 Å². The fourth-order valence-corrected chi connectivity index (χ4v) is 2.83. The summed E-state index contributed by atoms with van der Waals surface area (Å²) in [5, 5.41) is 10.2. The summed E-state index contributed by atoms with van der Waals surface area (Å²) in [5.74, 6) is 3.17. The topological polar surface area (TPSA) is 29.5 Å². The van der Waals surface area contributed by atoms with Crippen molar-refractivity contribution in [3.63, 3.8) is 0 Å². The molecule has 0 saturated carbocycles. The standard InChI is InChI=1S/C17H24O2Se/c1-5-19-14(13-16(18)17(2,3)4)11-12-20-15-9-7-6-8-10-15/h6-10,14,16,18H,5,13H2,1-4H3/t14-,16-/m0/s1. The van der Waals surface area contributed by atoms with Crippen molar-refractivity contribution >= 4 is 19.4 Å². The van der Waals surface area contributed by atoms with E-state index in [1.54, 1.807) is 0 Å². The Morgan fingerprint density at radius 2 is 1.90 bits per heavy atom. The Labute approximate surface area is 129 Å². The normalized spacial score (nSPS) is 14.2. The maximum atomic E-state index is 10.2. The average molecular weight is 339 g/mol. The molecular weight excluding hydrogens is 315 g/mol. The minimum absolute atomic E-state index is 0.137. The van der Waals surface area contributed by atoms with Gasteiger partial charge in [-0.05, 0) is 0 Å². The van der Waals surface area contributed by atoms with Gasteiger partial charge in [-0.25, -0.2) is 0 Å². The Hall–Kier alpha value is -0.781. The zero-order valence-corrected chi connectivity index (χ0v) is 14.4. The van der Waals surface area contributed by atoms with Gasteiger partial charge < -0.3 is 0 Å². The molecule has 2 nitrogen and oxygen atoms in total. The van der Waals surface area contributed by atoms with E-state index in [1.165, 1.54) is 4.46 Å². The number of rotatable bonds is 5. The summed E-state index contributed by atoms with van der Waals surface area (Å²) < 4.78 is 6.89. The molecule has 20 heavy (non-hydrogen) atoms. The van der Waals surface area contributed by atoms with E-state index in [-0.39, 0.29) is 26.5 Å². The third kappa shape index (κ3) is 6.59. The van der Waals surface area contributed by atoms with E-state index in [1.807, 2.05) is 45.9 Å². The molecular formula is C17H24O2Se. The van der Waals surface area contributed by atoms with Gasteiger partial charge in [-0.1, -0.05) is 0 Å². The van der Waals surface area contributed by atoms with Crippen LogP contribution in [0.25, 0.3) is 0 Å². The van der Waals surface area contributed by atoms with Crippen molar-refractivity contribution in [3.05, 3.63) is 30.3 Å². The molecule has 1 aromatic rings. The third-order valence-electron chi connectivity index (χ3n) is 2.94. The molecule has 0 radical (unpaired) electrons. The Morgan fingerprint density at radius 3 is 2.45 bits per heavy atom. The average Bonchev–Trinajstić information content (AvgIpc) is 2.39. The van der Waals surface area contributed by atoms with Gasteiger partial charge >= 0.3 is 129 Å². The maximum absolute atomic E-state index is 10.2. The first-order valence-corrected chi connectivity index (χ1v) is 8.67. The van der Waals surface area contributed by atoms with Crippen LogP contribution in [0.5, 0.6) is 0 Å². The van der Waals surface area contributed by atoms with E-state index >= 15 is 0 Å². The monoisotopic (exact) mass is 340 g/mol. The Kier molecular flexibility index (Phi) is 7.34. The van der Waals surface area contributed by atoms with Gasteiger partial charge in [0.15, 0.2) is 0 Å². The second-order valence-electron chi connectivity index (χ2n) is 5.72. The SMILES string of the molecule is CCO[C@@H](C#C[Se]c1ccccc1)C[C@H](O)C(C)(C)C. The summed E-state index contributed by atoms with van der Waals surface area (Å²) in [6.07, 6.45) is -0.0211. The molecule has 2 atom stereocenters. The molecule has 0 aliphatic heterocycles. The van der Waals surface area contributed by atoms with Gasteiger partial charge in [-0.15, -0.1) is 0 Å². The number of hydrogen-bond acceptors (Lipinski definition) is 2. The Morgan fingerprint density at radius 1 is 1.25 bits per heavy atom. The summed E-state index contributed by atoms with van der Waals surface area (Å²) in [6, 6.07) is 10.3. The second-order valence-corrected chi connectivity index (χ2v) is 7.57. The fraction of sp³-hybridized carbons (Fsp3) is 0.529. The molecule has 0 fully saturated rings. The molecule has 0 spiro atoms. The van der Waals surface area contributed by atoms with Crippen LogP contribution in [0.1, 0.15) is 34.1 Å². The van der Waals surface area contributed by atoms with Crippen LogP contribution in [-0.2, 0) is 4.74 Å². The van der Waals surface area contributed by atoms with E-state index in [0.29, 0.717) is 13.0 Å². The number of ether oxygens (including phenoxy) is 1. The van der Waals surface area contributed by atoms with Crippen molar-refractivity contribution in [1.29, 1.82) is 0 Å². The summed E-state index contributed by atoms with van der Waals surface area (Å²) >= 11 is 0.142. The quantitative estimate of drug-likeness (QED) is 0.658. The minimum atomic E-state index is -0.405. The van der Waals surface area contributed by atoms with Crippen LogP contribution in [-0.4, -0.2) is 38.9 Å². The second kappa shape index (κ2) is 8.49. The van der Waals surface area contributed by atoms with E-state index in [0.717, 1.165) is 0 Å². The van der Waals surface area contributed by atoms with Gasteiger partial charge in [-0.2, -0.15) is 0 Å². The van der Waals surface area contributed by atoms with Crippen LogP contribution in [0.2, 0.25) is 0 Å². The van der Waals surface area contributed by atoms with Gasteiger partial charge in [-0.3, -0.25) is 0 Å². The summed E-state index contributed by atoms with van der Waals surface area (Å²) in [4.78, 5) is 3.22. The van der Waals surface area contributed by atoms with Crippen molar-refractivity contribution < 1.29 is 9.84 Å². The molecule has 0 heterocycles. The number of benzene rings is 1. The molecule has 0 unspecified atom stereocenters. The first-order chi connectivity index (χ1) is 9.43. The van der Waals surface area contributed by atoms with Crippen molar-refractivity contribution in [3.8, 4) is 10.7 Å². The molecule has 0 aromatic heterocycles. The fourth-order valence-electron chi connectivity index (χ4n) is 1.57. The first kappa shape index (κ1) is 17.3. The Bertz CT molecular complexity index is 440. The van der Waals surface area contributed by atoms with Crippen molar-refractivity contribution in [2.75, 3.05) is 6.61 Å². The molecule has 1 aromatic carbocycles. The van der Waals surface area contributed by atoms with Gasteiger partial charge in [0, 0.05) is 0 Å². The molecule has 3 heteroatoms. The molecule has 1 N–H and O–H groups in total. The predicted molar refractivity (Wildman–Crippen MR) is 85.1 cm³/mol. The number of aliphatic hydroxyl groups is 1. The molecule has 110 valence electrons. The molecule has 0 saturated heterocycles. The summed E-state index contributed by atoms with van der Waals surface area (Å²) in [6.45, 7) is 8.67. The van der Waals surface area contributed by atoms with E-state index in [2.05, 4.69) is 22.9 Å². The molecule has 1 rings (SSSR count). The molecule has 0 aliphatic rings. The Balaban J connectivity index is 2.59. The van der Waals surface area contributed by atoms with Crippen LogP contribution in [0.3, 0.4) is 0 Å². The number of hydrogen-bond donors (Lipinski definition) is 1. The van der Waals surface area contributed by atoms with Gasteiger partial charge in [0.2, 0.25) is 0 Å². The van der Waals surface area contributed by atoms with Crippen LogP contribution in [0.15, 0.2) is 30.3 Å². The first-order valence-electron chi connectivity index (χ1n) is 6.95. The molecule has 0 bridgehead atoms. The van der Waals surface area contributed by atoms with Crippen LogP contribution >= 0.6 is 0 Å². The third-order valence-corrected chi connectivity index (χ3v) is 4.46. The number of aliphatic hydroxyl groups excluding tert-OH is 1. The zero-order chi connectivity index (χ0) is 15.0. The van der Waals surface area contributed by atoms with E-state index < -0.39 is 6.10 Å². The molecule has 0 amide bonds. The van der Waals surface area contributed by atoms with E-state index in [9.17, 15) is 5.11 Å². The van der Waals surface area contributed by atoms with Crippen molar-refractivity contribution in [1.82, 2.24) is 0 Å². The van der Waals surface area contributed by atoms with Gasteiger partial charge in [0.05, 0.1) is 0 Å². The van der Waals surface area contributed by atoms with Crippen LogP contribution < -0.4 is 4.46 Å². The predicted octanol–water partition coefficient (Wildman–Crippen LogP) is 2.18. The van der Waals surface area contributed by atoms with Crippen molar-refractivity contribution in [2.45, 2.75) is 46.3 Å². The van der Waals surface area contributed by atoms with E-state index in [4.69, 9.17) is 4.74 Å². The molecule has 0 aliphatic carbocycles. The van der Waals surface area contributed by atoms with Gasteiger partial charge in [0.25, 0.3) is 0 Å². The summed E-state index contributed by atoms with van der Waals surface area (Å²) in [7, 11) is 0. The van der Waals surface area contributed by atoms with Crippen molar-refractivity contribution in [2.24, 2.45) is 5.41 Å². The summed E-state index contributed by atoms with van der Waals surface area (Å²) in [5.41, 5.74) is -0.137. The zero-order valence-electron chi connectivity index (χ0n) is 12.7.